The quantitative estimate of drug-likeness (QED) is 0.457. The van der Waals surface area contributed by atoms with E-state index in [1.807, 2.05) is 0 Å². The van der Waals surface area contributed by atoms with Gasteiger partial charge in [-0.15, -0.1) is 0 Å². The number of aliphatic imine (C=N–C) groups is 1. The Morgan fingerprint density at radius 1 is 1.60 bits per heavy atom. The van der Waals surface area contributed by atoms with Gasteiger partial charge in [0.25, 0.3) is 5.91 Å². The van der Waals surface area contributed by atoms with E-state index in [1.54, 1.807) is 0 Å². The van der Waals surface area contributed by atoms with Crippen molar-refractivity contribution in [2.75, 3.05) is 0 Å². The lowest BCUT2D eigenvalue weighted by Crippen LogP contribution is -2.21. The van der Waals surface area contributed by atoms with E-state index in [0.717, 1.165) is 0 Å². The smallest absolute Gasteiger partial charge is 0.426 e. The van der Waals surface area contributed by atoms with E-state index in [1.165, 1.54) is 18.4 Å². The molecule has 5 heteroatoms. The first-order valence-corrected chi connectivity index (χ1v) is 2.82. The van der Waals surface area contributed by atoms with Gasteiger partial charge in [-0.2, -0.15) is 0 Å². The summed E-state index contributed by atoms with van der Waals surface area (Å²) in [4.78, 5) is 13.7. The molecule has 2 N–H and O–H groups in total. The molecule has 0 spiro atoms. The summed E-state index contributed by atoms with van der Waals surface area (Å²) in [5.74, 6) is -0.908. The van der Waals surface area contributed by atoms with E-state index >= 15 is 0 Å². The number of amides is 1. The van der Waals surface area contributed by atoms with Crippen molar-refractivity contribution in [3.8, 4) is 0 Å². The Hall–Kier alpha value is -0.935. The minimum absolute atomic E-state index is 0.364. The molecule has 0 saturated heterocycles. The van der Waals surface area contributed by atoms with Crippen molar-refractivity contribution in [3.63, 3.8) is 0 Å². The summed E-state index contributed by atoms with van der Waals surface area (Å²) in [6.45, 7) is 0. The van der Waals surface area contributed by atoms with Gasteiger partial charge in [0.05, 0.1) is 0 Å². The van der Waals surface area contributed by atoms with Crippen molar-refractivity contribution >= 4 is 19.2 Å². The molecule has 52 valence electrons. The normalized spacial score (nSPS) is 23.4. The van der Waals surface area contributed by atoms with Crippen LogP contribution in [-0.2, 0) is 4.79 Å². The zero-order chi connectivity index (χ0) is 7.56. The zero-order valence-corrected chi connectivity index (χ0v) is 5.14. The molecule has 1 heterocycles. The second-order valence-electron chi connectivity index (χ2n) is 1.97. The first kappa shape index (κ1) is 7.18. The summed E-state index contributed by atoms with van der Waals surface area (Å²) in [6.07, 6.45) is 3.83. The van der Waals surface area contributed by atoms with Gasteiger partial charge in [0.15, 0.2) is 0 Å². The Labute approximate surface area is 58.0 Å². The molecule has 1 atom stereocenters. The molecule has 4 nitrogen and oxygen atoms in total. The summed E-state index contributed by atoms with van der Waals surface area (Å²) in [5, 5.41) is 17.1. The number of hydrogen-bond acceptors (Lipinski definition) is 3. The van der Waals surface area contributed by atoms with Crippen LogP contribution in [0.3, 0.4) is 0 Å². The predicted octanol–water partition coefficient (Wildman–Crippen LogP) is -1.00. The molecule has 0 fully saturated rings. The Bertz CT molecular complexity index is 183. The van der Waals surface area contributed by atoms with Gasteiger partial charge in [-0.05, 0) is 0 Å². The SMILES string of the molecule is O=C1C=CC(B(O)O)C=N1. The molecule has 0 aromatic heterocycles. The summed E-state index contributed by atoms with van der Waals surface area (Å²) >= 11 is 0. The zero-order valence-electron chi connectivity index (χ0n) is 5.14. The second-order valence-corrected chi connectivity index (χ2v) is 1.97. The van der Waals surface area contributed by atoms with E-state index in [2.05, 4.69) is 4.99 Å². The van der Waals surface area contributed by atoms with Gasteiger partial charge >= 0.3 is 7.12 Å². The lowest BCUT2D eigenvalue weighted by molar-refractivity contribution is -0.113. The van der Waals surface area contributed by atoms with Crippen molar-refractivity contribution in [2.45, 2.75) is 5.82 Å². The topological polar surface area (TPSA) is 69.9 Å². The highest BCUT2D eigenvalue weighted by molar-refractivity contribution is 6.49. The van der Waals surface area contributed by atoms with E-state index in [9.17, 15) is 4.79 Å². The highest BCUT2D eigenvalue weighted by Crippen LogP contribution is 2.09. The van der Waals surface area contributed by atoms with Gasteiger partial charge in [-0.1, -0.05) is 6.08 Å². The molecule has 1 rings (SSSR count). The third kappa shape index (κ3) is 1.52. The van der Waals surface area contributed by atoms with Gasteiger partial charge in [0, 0.05) is 18.1 Å². The van der Waals surface area contributed by atoms with Crippen LogP contribution in [0.15, 0.2) is 17.1 Å². The van der Waals surface area contributed by atoms with E-state index in [-0.39, 0.29) is 5.91 Å². The summed E-state index contributed by atoms with van der Waals surface area (Å²) < 4.78 is 0. The van der Waals surface area contributed by atoms with Crippen LogP contribution >= 0.6 is 0 Å². The standard InChI is InChI=1S/C5H6BNO3/c8-5-2-1-4(3-7-5)6(9)10/h1-4,9-10H. The van der Waals surface area contributed by atoms with E-state index in [0.29, 0.717) is 0 Å². The molecule has 0 aliphatic carbocycles. The highest BCUT2D eigenvalue weighted by atomic mass is 16.4. The van der Waals surface area contributed by atoms with Crippen LogP contribution in [-0.4, -0.2) is 29.3 Å². The number of hydrogen-bond donors (Lipinski definition) is 2. The molecule has 1 aliphatic heterocycles. The van der Waals surface area contributed by atoms with Crippen LogP contribution < -0.4 is 0 Å². The Kier molecular flexibility index (Phi) is 1.98. The largest absolute Gasteiger partial charge is 0.464 e. The molecular formula is C5H6BNO3. The summed E-state index contributed by atoms with van der Waals surface area (Å²) in [6, 6.07) is 0. The number of carbonyl (C=O) groups excluding carboxylic acids is 1. The average molecular weight is 139 g/mol. The van der Waals surface area contributed by atoms with Crippen molar-refractivity contribution in [1.29, 1.82) is 0 Å². The lowest BCUT2D eigenvalue weighted by Gasteiger charge is -2.05. The minimum atomic E-state index is -1.46. The average Bonchev–Trinajstić information content (AvgIpc) is 1.88. The van der Waals surface area contributed by atoms with Crippen LogP contribution in [0.4, 0.5) is 0 Å². The number of rotatable bonds is 1. The van der Waals surface area contributed by atoms with E-state index in [4.69, 9.17) is 10.0 Å². The van der Waals surface area contributed by atoms with E-state index < -0.39 is 12.9 Å². The maximum Gasteiger partial charge on any atom is 0.464 e. The van der Waals surface area contributed by atoms with Crippen molar-refractivity contribution in [1.82, 2.24) is 0 Å². The van der Waals surface area contributed by atoms with Gasteiger partial charge < -0.3 is 10.0 Å². The van der Waals surface area contributed by atoms with Crippen LogP contribution in [0, 0.1) is 0 Å². The first-order chi connectivity index (χ1) is 4.70. The maximum absolute atomic E-state index is 10.4. The molecule has 0 saturated carbocycles. The predicted molar refractivity (Wildman–Crippen MR) is 36.6 cm³/mol. The molecule has 1 amide bonds. The van der Waals surface area contributed by atoms with Crippen molar-refractivity contribution < 1.29 is 14.8 Å². The monoisotopic (exact) mass is 139 g/mol. The van der Waals surface area contributed by atoms with Gasteiger partial charge in [0.2, 0.25) is 0 Å². The maximum atomic E-state index is 10.4. The van der Waals surface area contributed by atoms with Crippen LogP contribution in [0.25, 0.3) is 0 Å². The Morgan fingerprint density at radius 2 is 2.30 bits per heavy atom. The Balaban J connectivity index is 2.62. The fraction of sp³-hybridized carbons (Fsp3) is 0.200. The number of dihydropyridines is 1. The fourth-order valence-corrected chi connectivity index (χ4v) is 0.622. The second kappa shape index (κ2) is 2.77. The van der Waals surface area contributed by atoms with Gasteiger partial charge in [-0.25, -0.2) is 4.99 Å². The third-order valence-electron chi connectivity index (χ3n) is 1.18. The first-order valence-electron chi connectivity index (χ1n) is 2.82. The summed E-state index contributed by atoms with van der Waals surface area (Å²) in [5.41, 5.74) is 0. The number of allylic oxidation sites excluding steroid dienone is 1. The Morgan fingerprint density at radius 3 is 2.70 bits per heavy atom. The minimum Gasteiger partial charge on any atom is -0.426 e. The fourth-order valence-electron chi connectivity index (χ4n) is 0.622. The van der Waals surface area contributed by atoms with Gasteiger partial charge in [-0.3, -0.25) is 4.79 Å². The molecular weight excluding hydrogens is 133 g/mol. The lowest BCUT2D eigenvalue weighted by atomic mass is 9.73. The molecule has 0 aromatic rings. The molecule has 1 aliphatic rings. The molecule has 10 heavy (non-hydrogen) atoms. The summed E-state index contributed by atoms with van der Waals surface area (Å²) in [7, 11) is -1.46. The third-order valence-corrected chi connectivity index (χ3v) is 1.18. The van der Waals surface area contributed by atoms with Crippen molar-refractivity contribution in [3.05, 3.63) is 12.2 Å². The molecule has 0 aromatic carbocycles. The van der Waals surface area contributed by atoms with Crippen molar-refractivity contribution in [2.24, 2.45) is 4.99 Å². The van der Waals surface area contributed by atoms with Crippen LogP contribution in [0.2, 0.25) is 5.82 Å². The van der Waals surface area contributed by atoms with Gasteiger partial charge in [0.1, 0.15) is 0 Å². The number of carbonyl (C=O) groups is 1. The molecule has 1 unspecified atom stereocenters. The number of nitrogens with zero attached hydrogens (tertiary/aromatic N) is 1. The van der Waals surface area contributed by atoms with Crippen LogP contribution in [0.5, 0.6) is 0 Å². The molecule has 0 radical (unpaired) electrons. The van der Waals surface area contributed by atoms with Crippen LogP contribution in [0.1, 0.15) is 0 Å². The highest BCUT2D eigenvalue weighted by Gasteiger charge is 2.20. The molecule has 0 bridgehead atoms.